The van der Waals surface area contributed by atoms with Crippen LogP contribution in [-0.4, -0.2) is 45.0 Å². The molecule has 0 saturated heterocycles. The van der Waals surface area contributed by atoms with Crippen LogP contribution in [0.3, 0.4) is 0 Å². The number of aliphatic hydroxyl groups is 2. The molecule has 3 saturated carbocycles. The van der Waals surface area contributed by atoms with Gasteiger partial charge in [-0.3, -0.25) is 4.79 Å². The van der Waals surface area contributed by atoms with Crippen molar-refractivity contribution in [1.29, 1.82) is 0 Å². The third-order valence-corrected chi connectivity index (χ3v) is 16.7. The van der Waals surface area contributed by atoms with E-state index in [1.807, 2.05) is 55.5 Å². The Bertz CT molecular complexity index is 2090. The average molecular weight is 718 g/mol. The van der Waals surface area contributed by atoms with Gasteiger partial charge in [-0.05, 0) is 98.4 Å². The van der Waals surface area contributed by atoms with Crippen molar-refractivity contribution in [3.63, 3.8) is 0 Å². The molecule has 2 spiro atoms. The third kappa shape index (κ3) is 4.73. The lowest BCUT2D eigenvalue weighted by Gasteiger charge is -2.71. The van der Waals surface area contributed by atoms with E-state index in [1.54, 1.807) is 23.1 Å². The highest BCUT2D eigenvalue weighted by Gasteiger charge is 2.74. The predicted octanol–water partition coefficient (Wildman–Crippen LogP) is 9.93. The molecule has 6 aliphatic rings. The fourth-order valence-corrected chi connectivity index (χ4v) is 14.1. The van der Waals surface area contributed by atoms with E-state index in [9.17, 15) is 10.2 Å². The topological polar surface area (TPSA) is 79.7 Å². The zero-order valence-electron chi connectivity index (χ0n) is 29.7. The van der Waals surface area contributed by atoms with E-state index in [2.05, 4.69) is 56.3 Å². The number of nitrogens with zero attached hydrogens (tertiary/aromatic N) is 1. The maximum Gasteiger partial charge on any atom is 0.190 e. The summed E-state index contributed by atoms with van der Waals surface area (Å²) in [5, 5.41) is 24.0. The molecule has 2 N–H and O–H groups in total. The van der Waals surface area contributed by atoms with Crippen molar-refractivity contribution < 1.29 is 19.7 Å². The maximum absolute atomic E-state index is 15.4. The second kappa shape index (κ2) is 11.9. The molecule has 8 atom stereocenters. The quantitative estimate of drug-likeness (QED) is 0.107. The van der Waals surface area contributed by atoms with Crippen molar-refractivity contribution in [2.75, 3.05) is 12.4 Å². The summed E-state index contributed by atoms with van der Waals surface area (Å²) in [5.74, 6) is 1.89. The molecule has 10 rings (SSSR count). The second-order valence-corrected chi connectivity index (χ2v) is 18.6. The molecule has 6 aliphatic carbocycles. The van der Waals surface area contributed by atoms with E-state index in [1.165, 1.54) is 0 Å². The maximum atomic E-state index is 15.4. The molecule has 0 amide bonds. The molecule has 1 heterocycles. The number of carbonyl (C=O) groups excluding carboxylic acids is 1. The first kappa shape index (κ1) is 33.6. The molecule has 51 heavy (non-hydrogen) atoms. The number of ketones is 1. The standard InChI is InChI=1S/C44H47NO4S2/c1-4-49-30-14-15-34-35(24-30)51-39(45-34)50-27-43(48)21-18-37-41(43,3)20-17-36-40(2)19-16-29(46)25-42(40)22-23-44(36,37)33(26-42)38(47)32-13-9-8-12-31(32)28-10-6-5-7-11-28/h5-15,22-24,26,29,36-37,46,48H,4,16-21,25,27H2,1-3H3. The zero-order chi connectivity index (χ0) is 35.2. The highest BCUT2D eigenvalue weighted by atomic mass is 32.2. The van der Waals surface area contributed by atoms with Crippen LogP contribution in [-0.2, 0) is 0 Å². The van der Waals surface area contributed by atoms with Gasteiger partial charge in [0.05, 0.1) is 28.5 Å². The summed E-state index contributed by atoms with van der Waals surface area (Å²) in [7, 11) is 0. The van der Waals surface area contributed by atoms with E-state index in [4.69, 9.17) is 9.72 Å². The van der Waals surface area contributed by atoms with Crippen LogP contribution in [0.15, 0.2) is 101 Å². The minimum Gasteiger partial charge on any atom is -0.494 e. The number of aromatic nitrogens is 1. The normalized spacial score (nSPS) is 36.3. The Hall–Kier alpha value is -3.23. The van der Waals surface area contributed by atoms with Gasteiger partial charge in [-0.1, -0.05) is 98.4 Å². The number of thiazole rings is 1. The van der Waals surface area contributed by atoms with Gasteiger partial charge in [0.25, 0.3) is 0 Å². The Morgan fingerprint density at radius 2 is 1.69 bits per heavy atom. The molecule has 7 heteroatoms. The molecule has 3 aromatic carbocycles. The molecule has 3 fully saturated rings. The second-order valence-electron chi connectivity index (χ2n) is 16.4. The summed E-state index contributed by atoms with van der Waals surface area (Å²) in [6.07, 6.45) is 12.6. The Morgan fingerprint density at radius 3 is 2.51 bits per heavy atom. The monoisotopic (exact) mass is 717 g/mol. The van der Waals surface area contributed by atoms with Gasteiger partial charge in [-0.15, -0.1) is 11.3 Å². The number of carbonyl (C=O) groups is 1. The number of benzene rings is 3. The first-order chi connectivity index (χ1) is 24.6. The Labute approximate surface area is 309 Å². The van der Waals surface area contributed by atoms with Crippen molar-refractivity contribution in [3.05, 3.63) is 102 Å². The molecule has 5 nitrogen and oxygen atoms in total. The van der Waals surface area contributed by atoms with Crippen LogP contribution in [0.25, 0.3) is 21.3 Å². The molecule has 8 unspecified atom stereocenters. The first-order valence-corrected chi connectivity index (χ1v) is 20.6. The van der Waals surface area contributed by atoms with Crippen molar-refractivity contribution in [3.8, 4) is 16.9 Å². The number of allylic oxidation sites excluding steroid dienone is 4. The van der Waals surface area contributed by atoms with Gasteiger partial charge >= 0.3 is 0 Å². The number of rotatable bonds is 8. The van der Waals surface area contributed by atoms with E-state index in [0.29, 0.717) is 25.2 Å². The van der Waals surface area contributed by atoms with Crippen LogP contribution in [0.4, 0.5) is 0 Å². The van der Waals surface area contributed by atoms with Gasteiger partial charge in [0.15, 0.2) is 10.1 Å². The average Bonchev–Trinajstić information content (AvgIpc) is 3.68. The minimum absolute atomic E-state index is 0.0676. The Balaban J connectivity index is 1.11. The lowest BCUT2D eigenvalue weighted by atomic mass is 9.32. The van der Waals surface area contributed by atoms with E-state index in [0.717, 1.165) is 74.7 Å². The van der Waals surface area contributed by atoms with Gasteiger partial charge in [0.2, 0.25) is 0 Å². The summed E-state index contributed by atoms with van der Waals surface area (Å²) in [5.41, 5.74) is 2.36. The van der Waals surface area contributed by atoms with Gasteiger partial charge in [0, 0.05) is 33.1 Å². The van der Waals surface area contributed by atoms with Crippen molar-refractivity contribution in [2.45, 2.75) is 81.8 Å². The number of Topliss-reactive ketones (excluding diaryl/α,β-unsaturated/α-hetero) is 1. The number of ether oxygens (including phenoxy) is 1. The molecule has 1 aromatic heterocycles. The van der Waals surface area contributed by atoms with Crippen LogP contribution < -0.4 is 4.74 Å². The Kier molecular flexibility index (Phi) is 7.83. The van der Waals surface area contributed by atoms with Gasteiger partial charge < -0.3 is 14.9 Å². The molecule has 4 aromatic rings. The zero-order valence-corrected chi connectivity index (χ0v) is 31.4. The first-order valence-electron chi connectivity index (χ1n) is 18.8. The van der Waals surface area contributed by atoms with Crippen LogP contribution in [0.2, 0.25) is 0 Å². The summed E-state index contributed by atoms with van der Waals surface area (Å²) >= 11 is 3.33. The predicted molar refractivity (Wildman–Crippen MR) is 206 cm³/mol. The fraction of sp³-hybridized carbons (Fsp3) is 0.455. The van der Waals surface area contributed by atoms with Crippen molar-refractivity contribution >= 4 is 39.1 Å². The summed E-state index contributed by atoms with van der Waals surface area (Å²) in [4.78, 5) is 20.3. The van der Waals surface area contributed by atoms with Gasteiger partial charge in [-0.2, -0.15) is 0 Å². The lowest BCUT2D eigenvalue weighted by Crippen LogP contribution is -2.67. The van der Waals surface area contributed by atoms with E-state index >= 15 is 4.79 Å². The van der Waals surface area contributed by atoms with Crippen LogP contribution >= 0.6 is 23.1 Å². The lowest BCUT2D eigenvalue weighted by molar-refractivity contribution is -0.166. The van der Waals surface area contributed by atoms with Crippen LogP contribution in [0, 0.1) is 33.5 Å². The molecule has 0 radical (unpaired) electrons. The fourth-order valence-electron chi connectivity index (χ4n) is 11.7. The number of hydrogen-bond acceptors (Lipinski definition) is 7. The largest absolute Gasteiger partial charge is 0.494 e. The van der Waals surface area contributed by atoms with Gasteiger partial charge in [-0.25, -0.2) is 4.98 Å². The summed E-state index contributed by atoms with van der Waals surface area (Å²) in [6.45, 7) is 7.38. The highest BCUT2D eigenvalue weighted by Crippen LogP contribution is 2.78. The van der Waals surface area contributed by atoms with Crippen LogP contribution in [0.1, 0.15) is 76.1 Å². The van der Waals surface area contributed by atoms with Crippen molar-refractivity contribution in [2.24, 2.45) is 33.5 Å². The van der Waals surface area contributed by atoms with E-state index < -0.39 is 11.0 Å². The van der Waals surface area contributed by atoms with Crippen LogP contribution in [0.5, 0.6) is 5.75 Å². The number of hydrogen-bond donors (Lipinski definition) is 2. The summed E-state index contributed by atoms with van der Waals surface area (Å²) in [6, 6.07) is 24.3. The Morgan fingerprint density at radius 1 is 0.941 bits per heavy atom. The number of aliphatic hydroxyl groups excluding tert-OH is 1. The van der Waals surface area contributed by atoms with E-state index in [-0.39, 0.29) is 40.0 Å². The molecule has 264 valence electrons. The minimum atomic E-state index is -0.907. The highest BCUT2D eigenvalue weighted by molar-refractivity contribution is 8.01. The number of fused-ring (bicyclic) bond motifs is 2. The molecular weight excluding hydrogens is 671 g/mol. The molecular formula is C44H47NO4S2. The van der Waals surface area contributed by atoms with Crippen molar-refractivity contribution in [1.82, 2.24) is 4.98 Å². The number of thioether (sulfide) groups is 1. The summed E-state index contributed by atoms with van der Waals surface area (Å²) < 4.78 is 7.79. The molecule has 0 aliphatic heterocycles. The third-order valence-electron chi connectivity index (χ3n) is 14.3. The smallest absolute Gasteiger partial charge is 0.190 e. The molecule has 2 bridgehead atoms. The SMILES string of the molecule is CCOc1ccc2nc(SCC3(O)CCC4C56C=CC7(C=C5C(=O)c5ccccc5-c5ccccc5)CC(O)CCC7(C)C6CCC43C)sc2c1. The van der Waals surface area contributed by atoms with Gasteiger partial charge in [0.1, 0.15) is 5.75 Å².